The summed E-state index contributed by atoms with van der Waals surface area (Å²) >= 11 is 1.91. The summed E-state index contributed by atoms with van der Waals surface area (Å²) in [7, 11) is 0. The maximum Gasteiger partial charge on any atom is 0.0546 e. The van der Waals surface area contributed by atoms with Crippen LogP contribution < -0.4 is 4.90 Å². The van der Waals surface area contributed by atoms with Crippen LogP contribution in [0.3, 0.4) is 0 Å². The summed E-state index contributed by atoms with van der Waals surface area (Å²) in [5.74, 6) is 0. The fourth-order valence-electron chi connectivity index (χ4n) is 9.25. The number of hydrogen-bond donors (Lipinski definition) is 0. The number of thiophene rings is 1. The Bertz CT molecular complexity index is 3560. The standard InChI is InChI=1S/C54H33NS/c1-2-14-35-31-38(27-25-34(35)13-1)55(51-33-36-15-3-4-16-39(36)41-17-6-10-22-46(41)51)50-29-28-40(42-18-5-9-21-45(42)50)37-26-30-52-49(32-37)53-47-23-11-7-19-43(47)44-20-8-12-24-48(44)54(53)56-52/h1-33H. The molecule has 1 heterocycles. The van der Waals surface area contributed by atoms with Crippen molar-refractivity contribution in [2.75, 3.05) is 4.90 Å². The van der Waals surface area contributed by atoms with Gasteiger partial charge in [-0.3, -0.25) is 0 Å². The minimum absolute atomic E-state index is 1.13. The van der Waals surface area contributed by atoms with E-state index in [0.29, 0.717) is 0 Å². The van der Waals surface area contributed by atoms with Gasteiger partial charge in [0.05, 0.1) is 11.4 Å². The molecule has 0 amide bonds. The Morgan fingerprint density at radius 3 is 1.66 bits per heavy atom. The first-order valence-corrected chi connectivity index (χ1v) is 20.1. The number of benzene rings is 11. The van der Waals surface area contributed by atoms with Crippen molar-refractivity contribution in [1.29, 1.82) is 0 Å². The Morgan fingerprint density at radius 2 is 0.893 bits per heavy atom. The quantitative estimate of drug-likeness (QED) is 0.163. The van der Waals surface area contributed by atoms with Crippen LogP contribution in [0, 0.1) is 0 Å². The molecule has 0 radical (unpaired) electrons. The lowest BCUT2D eigenvalue weighted by Crippen LogP contribution is -2.11. The van der Waals surface area contributed by atoms with Crippen molar-refractivity contribution in [2.45, 2.75) is 0 Å². The molecule has 56 heavy (non-hydrogen) atoms. The summed E-state index contributed by atoms with van der Waals surface area (Å²) in [6.45, 7) is 0. The Kier molecular flexibility index (Phi) is 6.87. The average Bonchev–Trinajstić information content (AvgIpc) is 3.66. The second kappa shape index (κ2) is 12.3. The topological polar surface area (TPSA) is 3.24 Å². The van der Waals surface area contributed by atoms with Gasteiger partial charge in [-0.25, -0.2) is 0 Å². The van der Waals surface area contributed by atoms with Crippen LogP contribution in [0.1, 0.15) is 0 Å². The van der Waals surface area contributed by atoms with Crippen LogP contribution in [-0.4, -0.2) is 0 Å². The number of fused-ring (bicyclic) bond motifs is 13. The van der Waals surface area contributed by atoms with Gasteiger partial charge in [0, 0.05) is 42.0 Å². The van der Waals surface area contributed by atoms with Crippen LogP contribution in [0.15, 0.2) is 200 Å². The Balaban J connectivity index is 1.12. The normalized spacial score (nSPS) is 11.9. The summed E-state index contributed by atoms with van der Waals surface area (Å²) in [6.07, 6.45) is 0. The molecule has 0 fully saturated rings. The third kappa shape index (κ3) is 4.67. The highest BCUT2D eigenvalue weighted by Gasteiger charge is 2.22. The molecule has 0 aliphatic rings. The first-order valence-electron chi connectivity index (χ1n) is 19.3. The fraction of sp³-hybridized carbons (Fsp3) is 0. The summed E-state index contributed by atoms with van der Waals surface area (Å²) < 4.78 is 2.68. The first-order chi connectivity index (χ1) is 27.8. The summed E-state index contributed by atoms with van der Waals surface area (Å²) in [4.78, 5) is 2.49. The molecule has 0 atom stereocenters. The zero-order valence-electron chi connectivity index (χ0n) is 30.4. The van der Waals surface area contributed by atoms with Crippen LogP contribution in [0.2, 0.25) is 0 Å². The molecule has 12 aromatic rings. The molecular weight excluding hydrogens is 695 g/mol. The lowest BCUT2D eigenvalue weighted by atomic mass is 9.93. The van der Waals surface area contributed by atoms with E-state index in [1.807, 2.05) is 11.3 Å². The molecule has 0 unspecified atom stereocenters. The van der Waals surface area contributed by atoms with E-state index in [9.17, 15) is 0 Å². The summed E-state index contributed by atoms with van der Waals surface area (Å²) in [6, 6.07) is 74.0. The molecule has 12 rings (SSSR count). The minimum atomic E-state index is 1.13. The Labute approximate surface area is 327 Å². The third-order valence-electron chi connectivity index (χ3n) is 11.8. The van der Waals surface area contributed by atoms with Crippen molar-refractivity contribution in [2.24, 2.45) is 0 Å². The number of hydrogen-bond acceptors (Lipinski definition) is 2. The van der Waals surface area contributed by atoms with E-state index >= 15 is 0 Å². The molecule has 0 saturated carbocycles. The van der Waals surface area contributed by atoms with E-state index in [0.717, 1.165) is 17.1 Å². The number of anilines is 3. The van der Waals surface area contributed by atoms with Gasteiger partial charge in [0.2, 0.25) is 0 Å². The van der Waals surface area contributed by atoms with Gasteiger partial charge in [-0.1, -0.05) is 164 Å². The molecule has 1 aromatic heterocycles. The molecule has 0 bridgehead atoms. The molecule has 2 heteroatoms. The van der Waals surface area contributed by atoms with E-state index in [1.165, 1.54) is 95.9 Å². The molecule has 0 spiro atoms. The molecule has 0 aliphatic carbocycles. The van der Waals surface area contributed by atoms with E-state index in [-0.39, 0.29) is 0 Å². The molecule has 11 aromatic carbocycles. The van der Waals surface area contributed by atoms with Gasteiger partial charge in [-0.05, 0) is 96.0 Å². The lowest BCUT2D eigenvalue weighted by molar-refractivity contribution is 1.32. The van der Waals surface area contributed by atoms with E-state index in [1.54, 1.807) is 0 Å². The highest BCUT2D eigenvalue weighted by Crippen LogP contribution is 2.48. The van der Waals surface area contributed by atoms with Gasteiger partial charge in [0.1, 0.15) is 0 Å². The van der Waals surface area contributed by atoms with Crippen LogP contribution >= 0.6 is 11.3 Å². The SMILES string of the molecule is c1ccc2cc(N(c3ccc(-c4ccc5sc6c7ccccc7c7ccccc7c6c5c4)c4ccccc34)c3cc4ccccc4c4ccccc34)ccc2c1. The smallest absolute Gasteiger partial charge is 0.0546 e. The largest absolute Gasteiger partial charge is 0.309 e. The van der Waals surface area contributed by atoms with Crippen molar-refractivity contribution in [3.8, 4) is 11.1 Å². The predicted octanol–water partition coefficient (Wildman–Crippen LogP) is 16.1. The summed E-state index contributed by atoms with van der Waals surface area (Å²) in [5.41, 5.74) is 5.91. The molecular formula is C54H33NS. The molecule has 1 nitrogen and oxygen atoms in total. The van der Waals surface area contributed by atoms with Crippen LogP contribution in [-0.2, 0) is 0 Å². The maximum atomic E-state index is 2.49. The maximum absolute atomic E-state index is 2.49. The van der Waals surface area contributed by atoms with Crippen molar-refractivity contribution < 1.29 is 0 Å². The second-order valence-corrected chi connectivity index (χ2v) is 15.9. The van der Waals surface area contributed by atoms with Gasteiger partial charge in [0.15, 0.2) is 0 Å². The van der Waals surface area contributed by atoms with E-state index < -0.39 is 0 Å². The second-order valence-electron chi connectivity index (χ2n) is 14.8. The monoisotopic (exact) mass is 727 g/mol. The van der Waals surface area contributed by atoms with Gasteiger partial charge in [-0.15, -0.1) is 11.3 Å². The highest BCUT2D eigenvalue weighted by molar-refractivity contribution is 7.27. The van der Waals surface area contributed by atoms with Crippen molar-refractivity contribution in [3.05, 3.63) is 200 Å². The zero-order chi connectivity index (χ0) is 36.7. The van der Waals surface area contributed by atoms with Crippen LogP contribution in [0.5, 0.6) is 0 Å². The third-order valence-corrected chi connectivity index (χ3v) is 13.0. The van der Waals surface area contributed by atoms with E-state index in [2.05, 4.69) is 205 Å². The Morgan fingerprint density at radius 1 is 0.321 bits per heavy atom. The highest BCUT2D eigenvalue weighted by atomic mass is 32.1. The number of nitrogens with zero attached hydrogens (tertiary/aromatic N) is 1. The van der Waals surface area contributed by atoms with Gasteiger partial charge in [0.25, 0.3) is 0 Å². The molecule has 260 valence electrons. The van der Waals surface area contributed by atoms with Gasteiger partial charge in [-0.2, -0.15) is 0 Å². The Hall–Kier alpha value is -7.00. The summed E-state index contributed by atoms with van der Waals surface area (Å²) in [5, 5.41) is 17.8. The average molecular weight is 728 g/mol. The molecule has 0 N–H and O–H groups in total. The minimum Gasteiger partial charge on any atom is -0.309 e. The fourth-order valence-corrected chi connectivity index (χ4v) is 10.5. The van der Waals surface area contributed by atoms with Crippen LogP contribution in [0.4, 0.5) is 17.1 Å². The van der Waals surface area contributed by atoms with Gasteiger partial charge >= 0.3 is 0 Å². The van der Waals surface area contributed by atoms with Crippen molar-refractivity contribution in [1.82, 2.24) is 0 Å². The van der Waals surface area contributed by atoms with Gasteiger partial charge < -0.3 is 4.90 Å². The number of rotatable bonds is 4. The molecule has 0 aliphatic heterocycles. The van der Waals surface area contributed by atoms with Crippen molar-refractivity contribution >= 4 is 113 Å². The van der Waals surface area contributed by atoms with Crippen LogP contribution in [0.25, 0.3) is 95.9 Å². The van der Waals surface area contributed by atoms with Crippen molar-refractivity contribution in [3.63, 3.8) is 0 Å². The first kappa shape index (κ1) is 31.4. The van der Waals surface area contributed by atoms with E-state index in [4.69, 9.17) is 0 Å². The lowest BCUT2D eigenvalue weighted by Gasteiger charge is -2.29. The molecule has 0 saturated heterocycles. The zero-order valence-corrected chi connectivity index (χ0v) is 31.2. The predicted molar refractivity (Wildman–Crippen MR) is 244 cm³/mol.